The van der Waals surface area contributed by atoms with Gasteiger partial charge < -0.3 is 5.32 Å². The van der Waals surface area contributed by atoms with Crippen LogP contribution in [0.1, 0.15) is 34.4 Å². The van der Waals surface area contributed by atoms with Crippen molar-refractivity contribution in [3.63, 3.8) is 0 Å². The van der Waals surface area contributed by atoms with E-state index in [2.05, 4.69) is 55.3 Å². The number of benzene rings is 1. The molecule has 0 aliphatic carbocycles. The third-order valence-electron chi connectivity index (χ3n) is 3.63. The van der Waals surface area contributed by atoms with Crippen molar-refractivity contribution in [2.24, 2.45) is 5.92 Å². The Morgan fingerprint density at radius 2 is 2.10 bits per heavy atom. The van der Waals surface area contributed by atoms with E-state index in [9.17, 15) is 0 Å². The molecule has 2 rings (SSSR count). The minimum atomic E-state index is 0.637. The van der Waals surface area contributed by atoms with Gasteiger partial charge in [-0.2, -0.15) is 0 Å². The highest BCUT2D eigenvalue weighted by molar-refractivity contribution is 7.11. The topological polar surface area (TPSA) is 24.9 Å². The van der Waals surface area contributed by atoms with E-state index < -0.39 is 0 Å². The summed E-state index contributed by atoms with van der Waals surface area (Å²) < 4.78 is 0. The summed E-state index contributed by atoms with van der Waals surface area (Å²) in [5.41, 5.74) is 2.79. The average molecular weight is 302 g/mol. The first kappa shape index (κ1) is 16.2. The zero-order valence-electron chi connectivity index (χ0n) is 13.4. The van der Waals surface area contributed by atoms with E-state index in [0.717, 1.165) is 25.9 Å². The summed E-state index contributed by atoms with van der Waals surface area (Å²) in [7, 11) is 0. The highest BCUT2D eigenvalue weighted by Crippen LogP contribution is 2.19. The molecule has 1 aromatic heterocycles. The Bertz CT molecular complexity index is 548. The van der Waals surface area contributed by atoms with Gasteiger partial charge in [0, 0.05) is 11.1 Å². The van der Waals surface area contributed by atoms with Gasteiger partial charge in [-0.15, -0.1) is 11.3 Å². The number of nitrogens with zero attached hydrogens (tertiary/aromatic N) is 1. The summed E-state index contributed by atoms with van der Waals surface area (Å²) >= 11 is 1.83. The van der Waals surface area contributed by atoms with Crippen LogP contribution in [0.25, 0.3) is 0 Å². The number of hydrogen-bond acceptors (Lipinski definition) is 3. The van der Waals surface area contributed by atoms with E-state index in [1.165, 1.54) is 27.4 Å². The lowest BCUT2D eigenvalue weighted by Crippen LogP contribution is -2.26. The summed E-state index contributed by atoms with van der Waals surface area (Å²) in [6, 6.07) is 8.89. The maximum atomic E-state index is 4.39. The minimum absolute atomic E-state index is 0.637. The molecule has 3 heteroatoms. The summed E-state index contributed by atoms with van der Waals surface area (Å²) in [6.45, 7) is 8.65. The van der Waals surface area contributed by atoms with Gasteiger partial charge in [-0.25, -0.2) is 4.98 Å². The van der Waals surface area contributed by atoms with Gasteiger partial charge in [0.05, 0.1) is 5.01 Å². The second-order valence-corrected chi connectivity index (χ2v) is 7.13. The van der Waals surface area contributed by atoms with Crippen molar-refractivity contribution < 1.29 is 0 Å². The first-order valence-corrected chi connectivity index (χ1v) is 8.66. The summed E-state index contributed by atoms with van der Waals surface area (Å²) in [6.07, 6.45) is 5.49. The second-order valence-electron chi connectivity index (χ2n) is 5.81. The largest absolute Gasteiger partial charge is 0.316 e. The van der Waals surface area contributed by atoms with E-state index in [-0.39, 0.29) is 0 Å². The molecule has 0 fully saturated rings. The molecule has 0 saturated heterocycles. The average Bonchev–Trinajstić information content (AvgIpc) is 2.84. The van der Waals surface area contributed by atoms with Crippen LogP contribution in [0.5, 0.6) is 0 Å². The molecule has 0 bridgehead atoms. The van der Waals surface area contributed by atoms with Crippen LogP contribution in [0.2, 0.25) is 0 Å². The molecule has 21 heavy (non-hydrogen) atoms. The van der Waals surface area contributed by atoms with Crippen molar-refractivity contribution >= 4 is 11.3 Å². The van der Waals surface area contributed by atoms with E-state index in [1.54, 1.807) is 0 Å². The fraction of sp³-hybridized carbons (Fsp3) is 0.500. The molecule has 1 heterocycles. The molecule has 1 aromatic carbocycles. The molecule has 0 spiro atoms. The van der Waals surface area contributed by atoms with Gasteiger partial charge in [0.15, 0.2) is 0 Å². The molecular formula is C18H26N2S. The van der Waals surface area contributed by atoms with Gasteiger partial charge in [0.1, 0.15) is 0 Å². The highest BCUT2D eigenvalue weighted by Gasteiger charge is 2.12. The summed E-state index contributed by atoms with van der Waals surface area (Å²) in [5, 5.41) is 4.75. The number of hydrogen-bond donors (Lipinski definition) is 1. The van der Waals surface area contributed by atoms with Gasteiger partial charge in [0.2, 0.25) is 0 Å². The van der Waals surface area contributed by atoms with Crippen LogP contribution in [0, 0.1) is 19.8 Å². The Morgan fingerprint density at radius 1 is 1.24 bits per heavy atom. The van der Waals surface area contributed by atoms with Gasteiger partial charge in [-0.3, -0.25) is 0 Å². The molecule has 2 nitrogen and oxygen atoms in total. The molecule has 1 N–H and O–H groups in total. The van der Waals surface area contributed by atoms with Crippen LogP contribution in [0.3, 0.4) is 0 Å². The lowest BCUT2D eigenvalue weighted by Gasteiger charge is -2.17. The van der Waals surface area contributed by atoms with Crippen LogP contribution in [0.4, 0.5) is 0 Å². The predicted molar refractivity (Wildman–Crippen MR) is 92.1 cm³/mol. The minimum Gasteiger partial charge on any atom is -0.316 e. The van der Waals surface area contributed by atoms with Crippen LogP contribution in [-0.2, 0) is 12.8 Å². The molecule has 114 valence electrons. The maximum absolute atomic E-state index is 4.39. The Labute approximate surface area is 132 Å². The molecule has 1 unspecified atom stereocenters. The Morgan fingerprint density at radius 3 is 2.76 bits per heavy atom. The molecule has 0 amide bonds. The third-order valence-corrected chi connectivity index (χ3v) is 4.56. The van der Waals surface area contributed by atoms with Gasteiger partial charge >= 0.3 is 0 Å². The zero-order valence-corrected chi connectivity index (χ0v) is 14.2. The van der Waals surface area contributed by atoms with Gasteiger partial charge in [-0.1, -0.05) is 36.8 Å². The summed E-state index contributed by atoms with van der Waals surface area (Å²) in [5.74, 6) is 0.637. The van der Waals surface area contributed by atoms with E-state index in [1.807, 2.05) is 17.5 Å². The zero-order chi connectivity index (χ0) is 15.1. The molecule has 0 saturated carbocycles. The standard InChI is InChI=1S/C18H26N2S/c1-4-8-19-12-17(11-18-13-20-15(3)21-18)10-16-7-5-6-14(2)9-16/h5-7,9,13,17,19H,4,8,10-12H2,1-3H3. The summed E-state index contributed by atoms with van der Waals surface area (Å²) in [4.78, 5) is 5.79. The number of aryl methyl sites for hydroxylation is 2. The van der Waals surface area contributed by atoms with Crippen molar-refractivity contribution in [2.45, 2.75) is 40.0 Å². The monoisotopic (exact) mass is 302 g/mol. The van der Waals surface area contributed by atoms with Crippen LogP contribution < -0.4 is 5.32 Å². The smallest absolute Gasteiger partial charge is 0.0896 e. The maximum Gasteiger partial charge on any atom is 0.0896 e. The fourth-order valence-electron chi connectivity index (χ4n) is 2.66. The number of rotatable bonds is 8. The molecule has 0 radical (unpaired) electrons. The molecule has 2 aromatic rings. The van der Waals surface area contributed by atoms with Crippen LogP contribution in [-0.4, -0.2) is 18.1 Å². The Hall–Kier alpha value is -1.19. The normalized spacial score (nSPS) is 12.5. The molecule has 0 aliphatic rings. The third kappa shape index (κ3) is 5.60. The first-order chi connectivity index (χ1) is 10.2. The van der Waals surface area contributed by atoms with E-state index >= 15 is 0 Å². The van der Waals surface area contributed by atoms with Crippen molar-refractivity contribution in [1.82, 2.24) is 10.3 Å². The second kappa shape index (κ2) is 8.30. The highest BCUT2D eigenvalue weighted by atomic mass is 32.1. The SMILES string of the molecule is CCCNCC(Cc1cccc(C)c1)Cc1cnc(C)s1. The lowest BCUT2D eigenvalue weighted by atomic mass is 9.94. The van der Waals surface area contributed by atoms with Crippen molar-refractivity contribution in [1.29, 1.82) is 0 Å². The van der Waals surface area contributed by atoms with Gasteiger partial charge in [-0.05, 0) is 57.7 Å². The quantitative estimate of drug-likeness (QED) is 0.741. The predicted octanol–water partition coefficient (Wildman–Crippen LogP) is 4.16. The van der Waals surface area contributed by atoms with Crippen LogP contribution in [0.15, 0.2) is 30.5 Å². The lowest BCUT2D eigenvalue weighted by molar-refractivity contribution is 0.473. The van der Waals surface area contributed by atoms with Crippen molar-refractivity contribution in [2.75, 3.05) is 13.1 Å². The molecule has 0 aliphatic heterocycles. The van der Waals surface area contributed by atoms with Gasteiger partial charge in [0.25, 0.3) is 0 Å². The number of thiazole rings is 1. The number of nitrogens with one attached hydrogen (secondary N) is 1. The van der Waals surface area contributed by atoms with Crippen LogP contribution >= 0.6 is 11.3 Å². The first-order valence-electron chi connectivity index (χ1n) is 7.85. The molecular weight excluding hydrogens is 276 g/mol. The number of aromatic nitrogens is 1. The fourth-order valence-corrected chi connectivity index (χ4v) is 3.57. The molecule has 1 atom stereocenters. The van der Waals surface area contributed by atoms with Crippen molar-refractivity contribution in [3.05, 3.63) is 51.5 Å². The Balaban J connectivity index is 2.00. The van der Waals surface area contributed by atoms with E-state index in [0.29, 0.717) is 5.92 Å². The van der Waals surface area contributed by atoms with E-state index in [4.69, 9.17) is 0 Å². The Kier molecular flexibility index (Phi) is 6.40. The van der Waals surface area contributed by atoms with Crippen molar-refractivity contribution in [3.8, 4) is 0 Å².